The zero-order chi connectivity index (χ0) is 7.78. The minimum absolute atomic E-state index is 0.663. The van der Waals surface area contributed by atoms with Crippen LogP contribution in [0.1, 0.15) is 13.8 Å². The molecule has 2 nitrogen and oxygen atoms in total. The van der Waals surface area contributed by atoms with Crippen molar-refractivity contribution in [3.05, 3.63) is 0 Å². The Hall–Kier alpha value is -0.313. The van der Waals surface area contributed by atoms with E-state index in [9.17, 15) is 0 Å². The molecule has 0 aliphatic carbocycles. The van der Waals surface area contributed by atoms with Crippen molar-refractivity contribution < 1.29 is 4.43 Å². The van der Waals surface area contributed by atoms with Crippen LogP contribution < -0.4 is 0 Å². The van der Waals surface area contributed by atoms with Gasteiger partial charge >= 0.3 is 0 Å². The van der Waals surface area contributed by atoms with Gasteiger partial charge in [-0.1, -0.05) is 6.92 Å². The first kappa shape index (κ1) is 7.79. The standard InChI is InChI=1S/C7H15NOSi/c1-6-5-8-7(2)9-10(6,3)4/h6H,5H2,1-4H3. The maximum atomic E-state index is 5.67. The van der Waals surface area contributed by atoms with Crippen molar-refractivity contribution in [2.45, 2.75) is 32.5 Å². The Morgan fingerprint density at radius 2 is 2.20 bits per heavy atom. The fourth-order valence-electron chi connectivity index (χ4n) is 0.999. The van der Waals surface area contributed by atoms with Crippen molar-refractivity contribution in [3.8, 4) is 0 Å². The van der Waals surface area contributed by atoms with E-state index in [1.165, 1.54) is 0 Å². The lowest BCUT2D eigenvalue weighted by Gasteiger charge is -2.32. The van der Waals surface area contributed by atoms with Gasteiger partial charge in [0.25, 0.3) is 8.32 Å². The summed E-state index contributed by atoms with van der Waals surface area (Å²) < 4.78 is 5.67. The van der Waals surface area contributed by atoms with Crippen LogP contribution in [0.5, 0.6) is 0 Å². The molecule has 0 amide bonds. The van der Waals surface area contributed by atoms with Gasteiger partial charge in [0.1, 0.15) is 0 Å². The molecule has 0 saturated heterocycles. The fourth-order valence-corrected chi connectivity index (χ4v) is 2.56. The third kappa shape index (κ3) is 1.40. The predicted octanol–water partition coefficient (Wildman–Crippen LogP) is 2.03. The van der Waals surface area contributed by atoms with E-state index in [1.54, 1.807) is 0 Å². The van der Waals surface area contributed by atoms with Crippen molar-refractivity contribution >= 4 is 14.2 Å². The Bertz CT molecular complexity index is 165. The molecular formula is C7H15NOSi. The Labute approximate surface area is 63.4 Å². The van der Waals surface area contributed by atoms with Crippen LogP contribution in [0.2, 0.25) is 18.6 Å². The normalized spacial score (nSPS) is 30.8. The highest BCUT2D eigenvalue weighted by Gasteiger charge is 2.34. The lowest BCUT2D eigenvalue weighted by atomic mass is 10.5. The van der Waals surface area contributed by atoms with Crippen LogP contribution in [0.3, 0.4) is 0 Å². The Kier molecular flexibility index (Phi) is 1.85. The van der Waals surface area contributed by atoms with Crippen molar-refractivity contribution in [2.75, 3.05) is 6.54 Å². The molecule has 0 spiro atoms. The molecule has 58 valence electrons. The molecule has 1 atom stereocenters. The highest BCUT2D eigenvalue weighted by molar-refractivity contribution is 6.74. The minimum Gasteiger partial charge on any atom is -0.534 e. The molecule has 0 fully saturated rings. The van der Waals surface area contributed by atoms with E-state index in [1.807, 2.05) is 6.92 Å². The molecule has 10 heavy (non-hydrogen) atoms. The molecule has 0 aromatic carbocycles. The number of hydrogen-bond donors (Lipinski definition) is 0. The van der Waals surface area contributed by atoms with Crippen LogP contribution in [0, 0.1) is 0 Å². The second kappa shape index (κ2) is 2.38. The van der Waals surface area contributed by atoms with Crippen molar-refractivity contribution in [2.24, 2.45) is 4.99 Å². The van der Waals surface area contributed by atoms with Crippen LogP contribution in [-0.2, 0) is 4.43 Å². The summed E-state index contributed by atoms with van der Waals surface area (Å²) in [5.41, 5.74) is 0.663. The molecule has 0 aromatic heterocycles. The van der Waals surface area contributed by atoms with E-state index in [2.05, 4.69) is 25.0 Å². The second-order valence-corrected chi connectivity index (χ2v) is 7.86. The van der Waals surface area contributed by atoms with Crippen LogP contribution in [0.4, 0.5) is 0 Å². The molecule has 1 heterocycles. The van der Waals surface area contributed by atoms with Gasteiger partial charge in [0.15, 0.2) is 5.90 Å². The molecule has 0 N–H and O–H groups in total. The van der Waals surface area contributed by atoms with Gasteiger partial charge in [-0.2, -0.15) is 0 Å². The molecule has 0 saturated carbocycles. The lowest BCUT2D eigenvalue weighted by molar-refractivity contribution is 0.493. The van der Waals surface area contributed by atoms with Crippen molar-refractivity contribution in [3.63, 3.8) is 0 Å². The van der Waals surface area contributed by atoms with Crippen LogP contribution >= 0.6 is 0 Å². The smallest absolute Gasteiger partial charge is 0.251 e. The quantitative estimate of drug-likeness (QED) is 0.493. The third-order valence-electron chi connectivity index (χ3n) is 2.19. The summed E-state index contributed by atoms with van der Waals surface area (Å²) in [6.07, 6.45) is 0. The van der Waals surface area contributed by atoms with Gasteiger partial charge in [-0.3, -0.25) is 4.99 Å². The Balaban J connectivity index is 2.72. The highest BCUT2D eigenvalue weighted by Crippen LogP contribution is 2.26. The lowest BCUT2D eigenvalue weighted by Crippen LogP contribution is -2.41. The summed E-state index contributed by atoms with van der Waals surface area (Å²) >= 11 is 0. The van der Waals surface area contributed by atoms with E-state index < -0.39 is 8.32 Å². The van der Waals surface area contributed by atoms with Crippen molar-refractivity contribution in [1.29, 1.82) is 0 Å². The monoisotopic (exact) mass is 157 g/mol. The van der Waals surface area contributed by atoms with Gasteiger partial charge in [-0.05, 0) is 13.1 Å². The molecule has 0 bridgehead atoms. The molecular weight excluding hydrogens is 142 g/mol. The first-order valence-corrected chi connectivity index (χ1v) is 6.71. The zero-order valence-electron chi connectivity index (χ0n) is 7.14. The highest BCUT2D eigenvalue weighted by atomic mass is 28.4. The van der Waals surface area contributed by atoms with Crippen LogP contribution in [0.15, 0.2) is 4.99 Å². The molecule has 1 rings (SSSR count). The van der Waals surface area contributed by atoms with Crippen LogP contribution in [0.25, 0.3) is 0 Å². The summed E-state index contributed by atoms with van der Waals surface area (Å²) in [6, 6.07) is 0. The van der Waals surface area contributed by atoms with Crippen molar-refractivity contribution in [1.82, 2.24) is 0 Å². The summed E-state index contributed by atoms with van der Waals surface area (Å²) in [5, 5.41) is 0. The molecule has 0 aromatic rings. The van der Waals surface area contributed by atoms with E-state index in [0.717, 1.165) is 12.4 Å². The zero-order valence-corrected chi connectivity index (χ0v) is 8.14. The first-order valence-electron chi connectivity index (χ1n) is 3.72. The summed E-state index contributed by atoms with van der Waals surface area (Å²) in [4.78, 5) is 4.24. The first-order chi connectivity index (χ1) is 4.52. The second-order valence-electron chi connectivity index (χ2n) is 3.47. The van der Waals surface area contributed by atoms with E-state index in [0.29, 0.717) is 5.54 Å². The molecule has 3 heteroatoms. The maximum absolute atomic E-state index is 5.67. The van der Waals surface area contributed by atoms with Gasteiger partial charge in [-0.25, -0.2) is 0 Å². The average Bonchev–Trinajstić information content (AvgIpc) is 1.78. The van der Waals surface area contributed by atoms with E-state index in [-0.39, 0.29) is 0 Å². The summed E-state index contributed by atoms with van der Waals surface area (Å²) in [6.45, 7) is 9.62. The fraction of sp³-hybridized carbons (Fsp3) is 0.857. The average molecular weight is 157 g/mol. The van der Waals surface area contributed by atoms with Gasteiger partial charge in [-0.15, -0.1) is 0 Å². The SMILES string of the molecule is CC1=NCC(C)[Si](C)(C)O1. The van der Waals surface area contributed by atoms with E-state index in [4.69, 9.17) is 4.43 Å². The molecule has 1 unspecified atom stereocenters. The summed E-state index contributed by atoms with van der Waals surface area (Å²) in [7, 11) is -1.39. The molecule has 1 aliphatic heterocycles. The largest absolute Gasteiger partial charge is 0.534 e. The Morgan fingerprint density at radius 1 is 1.60 bits per heavy atom. The molecule has 0 radical (unpaired) electrons. The van der Waals surface area contributed by atoms with Gasteiger partial charge in [0, 0.05) is 19.0 Å². The van der Waals surface area contributed by atoms with Gasteiger partial charge < -0.3 is 4.43 Å². The summed E-state index contributed by atoms with van der Waals surface area (Å²) in [5.74, 6) is 0.884. The topological polar surface area (TPSA) is 21.6 Å². The molecule has 1 aliphatic rings. The predicted molar refractivity (Wildman–Crippen MR) is 46.0 cm³/mol. The van der Waals surface area contributed by atoms with Crippen LogP contribution in [-0.4, -0.2) is 20.8 Å². The van der Waals surface area contributed by atoms with Gasteiger partial charge in [0.2, 0.25) is 0 Å². The number of hydrogen-bond acceptors (Lipinski definition) is 2. The maximum Gasteiger partial charge on any atom is 0.251 e. The van der Waals surface area contributed by atoms with E-state index >= 15 is 0 Å². The Morgan fingerprint density at radius 3 is 2.60 bits per heavy atom. The number of rotatable bonds is 0. The number of aliphatic imine (C=N–C) groups is 1. The van der Waals surface area contributed by atoms with Gasteiger partial charge in [0.05, 0.1) is 0 Å². The minimum atomic E-state index is -1.39. The number of nitrogens with zero attached hydrogens (tertiary/aromatic N) is 1. The third-order valence-corrected chi connectivity index (χ3v) is 5.56.